The Balaban J connectivity index is 1.41. The summed E-state index contributed by atoms with van der Waals surface area (Å²) in [5.74, 6) is -1.34. The van der Waals surface area contributed by atoms with Crippen LogP contribution in [-0.2, 0) is 36.7 Å². The van der Waals surface area contributed by atoms with Crippen molar-refractivity contribution in [2.75, 3.05) is 64.7 Å². The largest absolute Gasteiger partial charge is 0.492 e. The van der Waals surface area contributed by atoms with Crippen molar-refractivity contribution < 1.29 is 55.4 Å². The molecule has 3 aliphatic rings. The Bertz CT molecular complexity index is 1850. The number of rotatable bonds is 18. The molecule has 314 valence electrons. The van der Waals surface area contributed by atoms with E-state index in [0.29, 0.717) is 25.2 Å². The molecule has 1 aromatic heterocycles. The highest BCUT2D eigenvalue weighted by atomic mass is 31.2. The summed E-state index contributed by atoms with van der Waals surface area (Å²) < 4.78 is 85.2. The Hall–Kier alpha value is -3.00. The average Bonchev–Trinajstić information content (AvgIpc) is 3.88. The molecule has 5 rings (SSSR count). The molecule has 3 fully saturated rings. The highest BCUT2D eigenvalue weighted by Gasteiger charge is 2.50. The third-order valence-electron chi connectivity index (χ3n) is 10.1. The van der Waals surface area contributed by atoms with Crippen LogP contribution in [0.15, 0.2) is 17.1 Å². The van der Waals surface area contributed by atoms with E-state index in [1.165, 1.54) is 13.3 Å². The van der Waals surface area contributed by atoms with Crippen LogP contribution in [0.4, 0.5) is 14.9 Å². The topological polar surface area (TPSA) is 161 Å². The van der Waals surface area contributed by atoms with Crippen LogP contribution in [0.5, 0.6) is 5.75 Å². The molecule has 18 heteroatoms. The maximum absolute atomic E-state index is 16.4. The van der Waals surface area contributed by atoms with Crippen LogP contribution in [-0.4, -0.2) is 98.4 Å². The van der Waals surface area contributed by atoms with Crippen LogP contribution in [0, 0.1) is 11.7 Å². The molecule has 0 spiro atoms. The second kappa shape index (κ2) is 18.3. The molecule has 0 bridgehead atoms. The Labute approximate surface area is 328 Å². The summed E-state index contributed by atoms with van der Waals surface area (Å²) in [6.45, 7) is 13.3. The lowest BCUT2D eigenvalue weighted by molar-refractivity contribution is 0.00666. The summed E-state index contributed by atoms with van der Waals surface area (Å²) in [7, 11) is -6.59. The molecule has 56 heavy (non-hydrogen) atoms. The zero-order valence-electron chi connectivity index (χ0n) is 33.9. The standard InChI is InChI=1S/C38H58FN3O12P2/c1-9-50-55(46,51-10-2)31(56(47,52-11-3)53-12-4)16-14-20-49-36(44)28-23-42(26-17-18-26)32-27(34(28)43)21-29(39)33(35(32)48-8)40-22-25-15-13-19-41(30(25)24-40)37(45)54-38(5,6)7/h21,23,25-26,30-31H,9-20,22,24H2,1-8H3/t25-,30+/m0/s1. The number of anilines is 1. The number of fused-ring (bicyclic) bond motifs is 2. The van der Waals surface area contributed by atoms with Gasteiger partial charge in [-0.3, -0.25) is 13.9 Å². The monoisotopic (exact) mass is 829 g/mol. The molecule has 1 amide bonds. The number of piperidine rings is 1. The maximum Gasteiger partial charge on any atom is 0.410 e. The fourth-order valence-electron chi connectivity index (χ4n) is 7.76. The van der Waals surface area contributed by atoms with Crippen LogP contribution >= 0.6 is 15.2 Å². The van der Waals surface area contributed by atoms with Gasteiger partial charge in [0.25, 0.3) is 0 Å². The van der Waals surface area contributed by atoms with Gasteiger partial charge in [-0.05, 0) is 99.0 Å². The van der Waals surface area contributed by atoms with E-state index >= 15 is 4.39 Å². The van der Waals surface area contributed by atoms with Crippen molar-refractivity contribution in [2.24, 2.45) is 5.92 Å². The summed E-state index contributed by atoms with van der Waals surface area (Å²) in [5, 5.41) is -1.31. The van der Waals surface area contributed by atoms with Crippen molar-refractivity contribution in [3.8, 4) is 5.75 Å². The Kier molecular flexibility index (Phi) is 14.4. The molecule has 2 aliphatic heterocycles. The first-order valence-electron chi connectivity index (χ1n) is 19.7. The van der Waals surface area contributed by atoms with Crippen molar-refractivity contribution in [1.82, 2.24) is 9.47 Å². The van der Waals surface area contributed by atoms with Crippen LogP contribution in [0.25, 0.3) is 10.9 Å². The van der Waals surface area contributed by atoms with E-state index in [0.717, 1.165) is 31.7 Å². The molecule has 1 saturated carbocycles. The van der Waals surface area contributed by atoms with Gasteiger partial charge >= 0.3 is 27.3 Å². The summed E-state index contributed by atoms with van der Waals surface area (Å²) in [4.78, 5) is 44.4. The number of benzene rings is 1. The number of aromatic nitrogens is 1. The van der Waals surface area contributed by atoms with E-state index in [4.69, 9.17) is 32.3 Å². The SMILES string of the molecule is CCOP(=O)(OCC)C(CCCOC(=O)c1cn(C2CC2)c2c(OC)c(N3C[C@@H]4CCCN(C(=O)OC(C)(C)C)[C@@H]4C3)c(F)cc2c1=O)P(=O)(OCC)OCC. The second-order valence-electron chi connectivity index (χ2n) is 15.2. The van der Waals surface area contributed by atoms with Gasteiger partial charge in [0, 0.05) is 31.9 Å². The zero-order chi connectivity index (χ0) is 41.0. The first kappa shape index (κ1) is 44.1. The number of nitrogens with zero attached hydrogens (tertiary/aromatic N) is 3. The number of hydrogen-bond acceptors (Lipinski definition) is 13. The summed E-state index contributed by atoms with van der Waals surface area (Å²) in [5.41, 5.74) is -1.08. The van der Waals surface area contributed by atoms with Crippen molar-refractivity contribution in [2.45, 2.75) is 110 Å². The molecule has 2 atom stereocenters. The Morgan fingerprint density at radius 1 is 0.946 bits per heavy atom. The number of esters is 1. The predicted molar refractivity (Wildman–Crippen MR) is 210 cm³/mol. The van der Waals surface area contributed by atoms with Gasteiger partial charge in [-0.2, -0.15) is 0 Å². The highest BCUT2D eigenvalue weighted by Crippen LogP contribution is 2.71. The number of hydrogen-bond donors (Lipinski definition) is 0. The molecule has 3 heterocycles. The minimum atomic E-state index is -4.01. The third kappa shape index (κ3) is 9.48. The van der Waals surface area contributed by atoms with Crippen LogP contribution in [0.3, 0.4) is 0 Å². The number of likely N-dealkylation sites (tertiary alicyclic amines) is 1. The molecule has 1 aliphatic carbocycles. The number of amides is 1. The maximum atomic E-state index is 16.4. The quantitative estimate of drug-likeness (QED) is 0.0806. The number of carbonyl (C=O) groups is 2. The van der Waals surface area contributed by atoms with Crippen molar-refractivity contribution in [3.05, 3.63) is 33.9 Å². The first-order valence-corrected chi connectivity index (χ1v) is 22.9. The molecular weight excluding hydrogens is 771 g/mol. The fourth-order valence-corrected chi connectivity index (χ4v) is 13.2. The molecule has 0 N–H and O–H groups in total. The number of ether oxygens (including phenoxy) is 3. The molecular formula is C38H58FN3O12P2. The normalized spacial score (nSPS) is 19.1. The molecule has 15 nitrogen and oxygen atoms in total. The van der Waals surface area contributed by atoms with Gasteiger partial charge in [0.1, 0.15) is 16.9 Å². The van der Waals surface area contributed by atoms with E-state index in [-0.39, 0.29) is 86.3 Å². The minimum Gasteiger partial charge on any atom is -0.492 e. The lowest BCUT2D eigenvalue weighted by Crippen LogP contribution is -2.50. The van der Waals surface area contributed by atoms with Crippen molar-refractivity contribution in [1.29, 1.82) is 0 Å². The van der Waals surface area contributed by atoms with Gasteiger partial charge in [-0.15, -0.1) is 0 Å². The molecule has 0 radical (unpaired) electrons. The van der Waals surface area contributed by atoms with E-state index in [1.54, 1.807) is 37.2 Å². The highest BCUT2D eigenvalue weighted by molar-refractivity contribution is 7.72. The van der Waals surface area contributed by atoms with Gasteiger partial charge in [0.2, 0.25) is 5.43 Å². The van der Waals surface area contributed by atoms with Gasteiger partial charge in [-0.25, -0.2) is 14.0 Å². The Morgan fingerprint density at radius 2 is 1.55 bits per heavy atom. The smallest absolute Gasteiger partial charge is 0.410 e. The lowest BCUT2D eigenvalue weighted by Gasteiger charge is -2.37. The van der Waals surface area contributed by atoms with Crippen LogP contribution in [0.1, 0.15) is 103 Å². The third-order valence-corrected chi connectivity index (χ3v) is 16.2. The number of carbonyl (C=O) groups excluding carboxylic acids is 2. The van der Waals surface area contributed by atoms with E-state index in [1.807, 2.05) is 25.7 Å². The lowest BCUT2D eigenvalue weighted by atomic mass is 9.92. The van der Waals surface area contributed by atoms with Crippen LogP contribution in [0.2, 0.25) is 0 Å². The molecule has 0 unspecified atom stereocenters. The number of pyridine rings is 1. The van der Waals surface area contributed by atoms with Gasteiger partial charge in [0.15, 0.2) is 17.0 Å². The molecule has 1 aromatic carbocycles. The Morgan fingerprint density at radius 3 is 2.09 bits per heavy atom. The van der Waals surface area contributed by atoms with E-state index in [9.17, 15) is 23.5 Å². The summed E-state index contributed by atoms with van der Waals surface area (Å²) in [6, 6.07) is 0.910. The molecule has 2 saturated heterocycles. The van der Waals surface area contributed by atoms with Crippen molar-refractivity contribution in [3.63, 3.8) is 0 Å². The average molecular weight is 830 g/mol. The van der Waals surface area contributed by atoms with Gasteiger partial charge in [-0.1, -0.05) is 0 Å². The first-order chi connectivity index (χ1) is 26.6. The van der Waals surface area contributed by atoms with Crippen LogP contribution < -0.4 is 15.1 Å². The van der Waals surface area contributed by atoms with Gasteiger partial charge < -0.3 is 46.7 Å². The number of methoxy groups -OCH3 is 1. The minimum absolute atomic E-state index is 0.0227. The van der Waals surface area contributed by atoms with E-state index < -0.39 is 49.5 Å². The molecule has 2 aromatic rings. The summed E-state index contributed by atoms with van der Waals surface area (Å²) in [6.07, 6.45) is 4.28. The summed E-state index contributed by atoms with van der Waals surface area (Å²) >= 11 is 0. The van der Waals surface area contributed by atoms with Crippen molar-refractivity contribution >= 4 is 43.8 Å². The van der Waals surface area contributed by atoms with Gasteiger partial charge in [0.05, 0.1) is 57.1 Å². The zero-order valence-corrected chi connectivity index (χ0v) is 35.7. The predicted octanol–water partition coefficient (Wildman–Crippen LogP) is 8.12. The second-order valence-corrected chi connectivity index (χ2v) is 20.1. The van der Waals surface area contributed by atoms with E-state index in [2.05, 4.69) is 0 Å². The number of halogens is 1. The fraction of sp³-hybridized carbons (Fsp3) is 0.711.